The predicted octanol–water partition coefficient (Wildman–Crippen LogP) is 4.05. The molecule has 1 saturated carbocycles. The Bertz CT molecular complexity index is 987. The van der Waals surface area contributed by atoms with E-state index in [-0.39, 0.29) is 18.4 Å². The van der Waals surface area contributed by atoms with E-state index in [1.54, 1.807) is 6.33 Å². The van der Waals surface area contributed by atoms with Crippen LogP contribution >= 0.6 is 11.6 Å². The number of amides is 1. The van der Waals surface area contributed by atoms with E-state index < -0.39 is 5.41 Å². The van der Waals surface area contributed by atoms with Crippen LogP contribution in [0.5, 0.6) is 0 Å². The van der Waals surface area contributed by atoms with E-state index >= 15 is 0 Å². The quantitative estimate of drug-likeness (QED) is 0.682. The second-order valence-electron chi connectivity index (χ2n) is 7.64. The highest BCUT2D eigenvalue weighted by molar-refractivity contribution is 6.30. The Hall–Kier alpha value is -2.37. The molecular formula is C22H24ClN3O2. The molecule has 2 N–H and O–H groups in total. The molecule has 0 spiro atoms. The SMILES string of the molecule is O=C(NCC1(CO)CCCCC1c1cccc(Cl)c1)c1ncn2ccccc12. The average Bonchev–Trinajstić information content (AvgIpc) is 3.16. The molecule has 6 heteroatoms. The van der Waals surface area contributed by atoms with Gasteiger partial charge in [0.25, 0.3) is 5.91 Å². The minimum Gasteiger partial charge on any atom is -0.396 e. The average molecular weight is 398 g/mol. The van der Waals surface area contributed by atoms with Crippen LogP contribution < -0.4 is 5.32 Å². The van der Waals surface area contributed by atoms with E-state index in [1.165, 1.54) is 0 Å². The molecule has 0 radical (unpaired) electrons. The van der Waals surface area contributed by atoms with Gasteiger partial charge in [0.15, 0.2) is 5.69 Å². The van der Waals surface area contributed by atoms with Gasteiger partial charge in [-0.25, -0.2) is 4.98 Å². The summed E-state index contributed by atoms with van der Waals surface area (Å²) in [7, 11) is 0. The molecule has 1 aliphatic carbocycles. The molecule has 0 aliphatic heterocycles. The molecule has 2 unspecified atom stereocenters. The zero-order valence-corrected chi connectivity index (χ0v) is 16.4. The summed E-state index contributed by atoms with van der Waals surface area (Å²) in [5.41, 5.74) is 1.91. The third kappa shape index (κ3) is 3.52. The lowest BCUT2D eigenvalue weighted by Crippen LogP contribution is -2.45. The van der Waals surface area contributed by atoms with Crippen molar-refractivity contribution in [1.82, 2.24) is 14.7 Å². The summed E-state index contributed by atoms with van der Waals surface area (Å²) in [5, 5.41) is 14.1. The second-order valence-corrected chi connectivity index (χ2v) is 8.08. The number of halogens is 1. The highest BCUT2D eigenvalue weighted by Crippen LogP contribution is 2.47. The Kier molecular flexibility index (Phi) is 5.38. The van der Waals surface area contributed by atoms with E-state index in [2.05, 4.69) is 16.4 Å². The number of hydrogen-bond donors (Lipinski definition) is 2. The van der Waals surface area contributed by atoms with Crippen LogP contribution in [0.2, 0.25) is 5.02 Å². The van der Waals surface area contributed by atoms with E-state index in [9.17, 15) is 9.90 Å². The van der Waals surface area contributed by atoms with Crippen LogP contribution in [-0.4, -0.2) is 33.6 Å². The number of nitrogens with zero attached hydrogens (tertiary/aromatic N) is 2. The first-order chi connectivity index (χ1) is 13.6. The minimum absolute atomic E-state index is 0.0222. The van der Waals surface area contributed by atoms with Crippen molar-refractivity contribution in [2.24, 2.45) is 5.41 Å². The van der Waals surface area contributed by atoms with E-state index in [0.717, 1.165) is 36.8 Å². The molecule has 1 aliphatic rings. The van der Waals surface area contributed by atoms with Gasteiger partial charge in [-0.3, -0.25) is 4.79 Å². The molecule has 2 heterocycles. The molecule has 0 bridgehead atoms. The number of imidazole rings is 1. The van der Waals surface area contributed by atoms with E-state index in [4.69, 9.17) is 11.6 Å². The normalized spacial score (nSPS) is 22.3. The van der Waals surface area contributed by atoms with Crippen molar-refractivity contribution in [2.45, 2.75) is 31.6 Å². The number of nitrogens with one attached hydrogen (secondary N) is 1. The van der Waals surface area contributed by atoms with Crippen LogP contribution in [0.25, 0.3) is 5.52 Å². The van der Waals surface area contributed by atoms with Gasteiger partial charge in [0.05, 0.1) is 12.1 Å². The standard InChI is InChI=1S/C22H24ClN3O2/c23-17-7-5-6-16(12-17)18-8-1-3-10-22(18,14-27)13-24-21(28)20-19-9-2-4-11-26(19)15-25-20/h2,4-7,9,11-12,15,18,27H,1,3,8,10,13-14H2,(H,24,28). The molecule has 1 aromatic carbocycles. The van der Waals surface area contributed by atoms with Crippen LogP contribution in [-0.2, 0) is 0 Å². The lowest BCUT2D eigenvalue weighted by atomic mass is 9.64. The number of aliphatic hydroxyl groups excluding tert-OH is 1. The zero-order chi connectivity index (χ0) is 19.6. The Labute approximate surface area is 169 Å². The van der Waals surface area contributed by atoms with Crippen LogP contribution in [0.3, 0.4) is 0 Å². The van der Waals surface area contributed by atoms with Crippen LogP contribution in [0, 0.1) is 5.41 Å². The molecule has 5 nitrogen and oxygen atoms in total. The van der Waals surface area contributed by atoms with Gasteiger partial charge in [-0.05, 0) is 48.6 Å². The fourth-order valence-corrected chi connectivity index (χ4v) is 4.66. The maximum atomic E-state index is 12.8. The summed E-state index contributed by atoms with van der Waals surface area (Å²) in [4.78, 5) is 17.1. The Morgan fingerprint density at radius 3 is 3.00 bits per heavy atom. The number of carbonyl (C=O) groups excluding carboxylic acids is 1. The van der Waals surface area contributed by atoms with Gasteiger partial charge in [0, 0.05) is 23.2 Å². The Balaban J connectivity index is 1.57. The number of benzene rings is 1. The van der Waals surface area contributed by atoms with Gasteiger partial charge in [-0.1, -0.05) is 42.6 Å². The van der Waals surface area contributed by atoms with Gasteiger partial charge in [0.1, 0.15) is 6.33 Å². The van der Waals surface area contributed by atoms with E-state index in [1.807, 2.05) is 47.0 Å². The fraction of sp³-hybridized carbons (Fsp3) is 0.364. The maximum absolute atomic E-state index is 12.8. The predicted molar refractivity (Wildman–Crippen MR) is 110 cm³/mol. The third-order valence-electron chi connectivity index (χ3n) is 5.98. The van der Waals surface area contributed by atoms with E-state index in [0.29, 0.717) is 17.3 Å². The summed E-state index contributed by atoms with van der Waals surface area (Å²) in [6, 6.07) is 13.5. The van der Waals surface area contributed by atoms with Crippen molar-refractivity contribution in [2.75, 3.05) is 13.2 Å². The van der Waals surface area contributed by atoms with Crippen LogP contribution in [0.15, 0.2) is 55.0 Å². The van der Waals surface area contributed by atoms with Crippen molar-refractivity contribution in [3.8, 4) is 0 Å². The van der Waals surface area contributed by atoms with Gasteiger partial charge >= 0.3 is 0 Å². The molecule has 1 amide bonds. The highest BCUT2D eigenvalue weighted by Gasteiger charge is 2.41. The molecule has 0 saturated heterocycles. The number of hydrogen-bond acceptors (Lipinski definition) is 3. The summed E-state index contributed by atoms with van der Waals surface area (Å²) in [5.74, 6) is -0.0547. The number of carbonyl (C=O) groups is 1. The van der Waals surface area contributed by atoms with Crippen molar-refractivity contribution in [1.29, 1.82) is 0 Å². The smallest absolute Gasteiger partial charge is 0.272 e. The third-order valence-corrected chi connectivity index (χ3v) is 6.22. The van der Waals surface area contributed by atoms with Gasteiger partial charge < -0.3 is 14.8 Å². The van der Waals surface area contributed by atoms with Crippen molar-refractivity contribution in [3.05, 3.63) is 71.3 Å². The highest BCUT2D eigenvalue weighted by atomic mass is 35.5. The number of fused-ring (bicyclic) bond motifs is 1. The summed E-state index contributed by atoms with van der Waals surface area (Å²) >= 11 is 6.21. The molecule has 2 atom stereocenters. The minimum atomic E-state index is -0.395. The zero-order valence-electron chi connectivity index (χ0n) is 15.6. The Morgan fingerprint density at radius 2 is 2.18 bits per heavy atom. The number of aliphatic hydroxyl groups is 1. The molecule has 3 aromatic rings. The van der Waals surface area contributed by atoms with Gasteiger partial charge in [-0.15, -0.1) is 0 Å². The van der Waals surface area contributed by atoms with Crippen LogP contribution in [0.4, 0.5) is 0 Å². The number of rotatable bonds is 5. The fourth-order valence-electron chi connectivity index (χ4n) is 4.46. The monoisotopic (exact) mass is 397 g/mol. The number of pyridine rings is 1. The summed E-state index contributed by atoms with van der Waals surface area (Å²) < 4.78 is 1.83. The first-order valence-corrected chi connectivity index (χ1v) is 10.1. The first kappa shape index (κ1) is 19.0. The molecule has 2 aromatic heterocycles. The molecule has 146 valence electrons. The van der Waals surface area contributed by atoms with Gasteiger partial charge in [-0.2, -0.15) is 0 Å². The summed E-state index contributed by atoms with van der Waals surface area (Å²) in [6.45, 7) is 0.430. The number of aromatic nitrogens is 2. The first-order valence-electron chi connectivity index (χ1n) is 9.69. The maximum Gasteiger partial charge on any atom is 0.272 e. The topological polar surface area (TPSA) is 66.6 Å². The Morgan fingerprint density at radius 1 is 1.29 bits per heavy atom. The molecule has 1 fully saturated rings. The molecular weight excluding hydrogens is 374 g/mol. The van der Waals surface area contributed by atoms with Crippen molar-refractivity contribution >= 4 is 23.0 Å². The molecule has 28 heavy (non-hydrogen) atoms. The van der Waals surface area contributed by atoms with Crippen molar-refractivity contribution < 1.29 is 9.90 Å². The van der Waals surface area contributed by atoms with Gasteiger partial charge in [0.2, 0.25) is 0 Å². The second kappa shape index (κ2) is 7.94. The lowest BCUT2D eigenvalue weighted by molar-refractivity contribution is 0.0547. The van der Waals surface area contributed by atoms with Crippen LogP contribution in [0.1, 0.15) is 47.7 Å². The molecule has 4 rings (SSSR count). The largest absolute Gasteiger partial charge is 0.396 e. The lowest BCUT2D eigenvalue weighted by Gasteiger charge is -2.43. The summed E-state index contributed by atoms with van der Waals surface area (Å²) in [6.07, 6.45) is 7.50. The van der Waals surface area contributed by atoms with Crippen molar-refractivity contribution in [3.63, 3.8) is 0 Å².